The van der Waals surface area contributed by atoms with Gasteiger partial charge in [-0.3, -0.25) is 4.79 Å². The first kappa shape index (κ1) is 16.2. The average molecular weight is 322 g/mol. The van der Waals surface area contributed by atoms with E-state index in [9.17, 15) is 4.79 Å². The van der Waals surface area contributed by atoms with Crippen molar-refractivity contribution in [2.75, 3.05) is 6.54 Å². The Morgan fingerprint density at radius 1 is 1.12 bits per heavy atom. The summed E-state index contributed by atoms with van der Waals surface area (Å²) in [5, 5.41) is 2.99. The highest BCUT2D eigenvalue weighted by atomic mass is 16.3. The van der Waals surface area contributed by atoms with Gasteiger partial charge in [0, 0.05) is 19.9 Å². The number of benzene rings is 2. The zero-order valence-electron chi connectivity index (χ0n) is 14.1. The first-order valence-corrected chi connectivity index (χ1v) is 8.29. The second-order valence-corrected chi connectivity index (χ2v) is 6.06. The molecule has 0 saturated carbocycles. The Hall–Kier alpha value is -2.62. The fourth-order valence-corrected chi connectivity index (χ4v) is 2.82. The summed E-state index contributed by atoms with van der Waals surface area (Å²) in [6, 6.07) is 14.2. The van der Waals surface area contributed by atoms with Crippen LogP contribution in [0.15, 0.2) is 46.9 Å². The number of carbonyl (C=O) groups excluding carboxylic acids is 1. The average Bonchev–Trinajstić information content (AvgIpc) is 2.93. The number of amides is 1. The van der Waals surface area contributed by atoms with Crippen LogP contribution in [0.5, 0.6) is 0 Å². The third-order valence-electron chi connectivity index (χ3n) is 4.18. The maximum atomic E-state index is 12.0. The van der Waals surface area contributed by atoms with Gasteiger partial charge >= 0.3 is 0 Å². The highest BCUT2D eigenvalue weighted by Crippen LogP contribution is 2.17. The van der Waals surface area contributed by atoms with Crippen molar-refractivity contribution in [1.29, 1.82) is 0 Å². The van der Waals surface area contributed by atoms with Gasteiger partial charge in [-0.05, 0) is 48.6 Å². The van der Waals surface area contributed by atoms with E-state index in [-0.39, 0.29) is 5.91 Å². The van der Waals surface area contributed by atoms with Crippen LogP contribution in [0.25, 0.3) is 11.1 Å². The number of nitrogens with zero attached hydrogens (tertiary/aromatic N) is 1. The quantitative estimate of drug-likeness (QED) is 0.752. The Morgan fingerprint density at radius 3 is 2.79 bits per heavy atom. The molecule has 4 nitrogen and oxygen atoms in total. The van der Waals surface area contributed by atoms with Gasteiger partial charge in [0.05, 0.1) is 0 Å². The van der Waals surface area contributed by atoms with Crippen molar-refractivity contribution in [2.45, 2.75) is 33.1 Å². The number of oxazole rings is 1. The first-order valence-electron chi connectivity index (χ1n) is 8.29. The zero-order chi connectivity index (χ0) is 16.9. The molecule has 0 aliphatic heterocycles. The largest absolute Gasteiger partial charge is 0.441 e. The number of aromatic nitrogens is 1. The standard InChI is InChI=1S/C20H22N2O2/c1-14-5-3-4-6-17(14)8-10-20(23)21-12-11-16-7-9-19-18(13-16)22-15(2)24-19/h3-7,9,13H,8,10-12H2,1-2H3,(H,21,23). The molecule has 1 aromatic heterocycles. The molecule has 1 N–H and O–H groups in total. The fraction of sp³-hybridized carbons (Fsp3) is 0.300. The van der Waals surface area contributed by atoms with Crippen LogP contribution in [0.4, 0.5) is 0 Å². The molecular weight excluding hydrogens is 300 g/mol. The summed E-state index contributed by atoms with van der Waals surface area (Å²) in [5.41, 5.74) is 5.30. The summed E-state index contributed by atoms with van der Waals surface area (Å²) in [4.78, 5) is 16.3. The molecule has 1 heterocycles. The molecule has 0 bridgehead atoms. The minimum absolute atomic E-state index is 0.0941. The van der Waals surface area contributed by atoms with Crippen molar-refractivity contribution in [3.63, 3.8) is 0 Å². The van der Waals surface area contributed by atoms with Crippen molar-refractivity contribution in [3.8, 4) is 0 Å². The fourth-order valence-electron chi connectivity index (χ4n) is 2.82. The first-order chi connectivity index (χ1) is 11.6. The van der Waals surface area contributed by atoms with Gasteiger partial charge in [0.25, 0.3) is 0 Å². The van der Waals surface area contributed by atoms with Crippen molar-refractivity contribution < 1.29 is 9.21 Å². The Bertz CT molecular complexity index is 852. The summed E-state index contributed by atoms with van der Waals surface area (Å²) in [6.45, 7) is 4.55. The van der Waals surface area contributed by atoms with Gasteiger partial charge in [-0.15, -0.1) is 0 Å². The van der Waals surface area contributed by atoms with Gasteiger partial charge in [0.2, 0.25) is 5.91 Å². The van der Waals surface area contributed by atoms with Gasteiger partial charge in [0.1, 0.15) is 5.52 Å². The minimum atomic E-state index is 0.0941. The van der Waals surface area contributed by atoms with Crippen LogP contribution in [-0.2, 0) is 17.6 Å². The molecule has 1 amide bonds. The Kier molecular flexibility index (Phi) is 4.94. The third kappa shape index (κ3) is 4.02. The van der Waals surface area contributed by atoms with Crippen molar-refractivity contribution >= 4 is 17.0 Å². The Balaban J connectivity index is 1.46. The normalized spacial score (nSPS) is 10.9. The minimum Gasteiger partial charge on any atom is -0.441 e. The number of nitrogens with one attached hydrogen (secondary N) is 1. The SMILES string of the molecule is Cc1nc2cc(CCNC(=O)CCc3ccccc3C)ccc2o1. The lowest BCUT2D eigenvalue weighted by atomic mass is 10.0. The molecule has 0 aliphatic rings. The van der Waals surface area contributed by atoms with Crippen molar-refractivity contribution in [1.82, 2.24) is 10.3 Å². The van der Waals surface area contributed by atoms with Crippen molar-refractivity contribution in [3.05, 3.63) is 65.0 Å². The molecular formula is C20H22N2O2. The lowest BCUT2D eigenvalue weighted by molar-refractivity contribution is -0.121. The molecule has 0 spiro atoms. The molecule has 2 aromatic carbocycles. The van der Waals surface area contributed by atoms with Gasteiger partial charge in [-0.2, -0.15) is 0 Å². The maximum absolute atomic E-state index is 12.0. The zero-order valence-corrected chi connectivity index (χ0v) is 14.1. The summed E-state index contributed by atoms with van der Waals surface area (Å²) in [6.07, 6.45) is 2.09. The van der Waals surface area contributed by atoms with E-state index in [4.69, 9.17) is 4.42 Å². The summed E-state index contributed by atoms with van der Waals surface area (Å²) >= 11 is 0. The van der Waals surface area contributed by atoms with Gasteiger partial charge in [0.15, 0.2) is 11.5 Å². The second-order valence-electron chi connectivity index (χ2n) is 6.06. The smallest absolute Gasteiger partial charge is 0.220 e. The Labute approximate surface area is 141 Å². The highest BCUT2D eigenvalue weighted by Gasteiger charge is 2.06. The van der Waals surface area contributed by atoms with Crippen LogP contribution in [0, 0.1) is 13.8 Å². The molecule has 0 aliphatic carbocycles. The number of aryl methyl sites for hydroxylation is 3. The summed E-state index contributed by atoms with van der Waals surface area (Å²) in [5.74, 6) is 0.767. The van der Waals surface area contributed by atoms with E-state index in [1.165, 1.54) is 11.1 Å². The number of carbonyl (C=O) groups is 1. The number of hydrogen-bond acceptors (Lipinski definition) is 3. The topological polar surface area (TPSA) is 55.1 Å². The molecule has 0 unspecified atom stereocenters. The molecule has 3 rings (SSSR count). The van der Waals surface area contributed by atoms with Gasteiger partial charge in [-0.25, -0.2) is 4.98 Å². The van der Waals surface area contributed by atoms with Crippen LogP contribution in [0.2, 0.25) is 0 Å². The number of hydrogen-bond donors (Lipinski definition) is 1. The van der Waals surface area contributed by atoms with E-state index in [0.717, 1.165) is 29.5 Å². The lowest BCUT2D eigenvalue weighted by Gasteiger charge is -2.07. The predicted octanol–water partition coefficient (Wildman–Crippen LogP) is 3.74. The molecule has 3 aromatic rings. The van der Waals surface area contributed by atoms with Crippen LogP contribution in [0.1, 0.15) is 29.0 Å². The van der Waals surface area contributed by atoms with Crippen LogP contribution >= 0.6 is 0 Å². The highest BCUT2D eigenvalue weighted by molar-refractivity contribution is 5.76. The molecule has 0 atom stereocenters. The predicted molar refractivity (Wildman–Crippen MR) is 95.0 cm³/mol. The second kappa shape index (κ2) is 7.30. The van der Waals surface area contributed by atoms with E-state index in [1.807, 2.05) is 37.3 Å². The van der Waals surface area contributed by atoms with Crippen LogP contribution in [0.3, 0.4) is 0 Å². The number of fused-ring (bicyclic) bond motifs is 1. The van der Waals surface area contributed by atoms with Crippen LogP contribution < -0.4 is 5.32 Å². The number of rotatable bonds is 6. The van der Waals surface area contributed by atoms with Crippen LogP contribution in [-0.4, -0.2) is 17.4 Å². The van der Waals surface area contributed by atoms with E-state index >= 15 is 0 Å². The molecule has 0 fully saturated rings. The summed E-state index contributed by atoms with van der Waals surface area (Å²) < 4.78 is 5.47. The molecule has 0 radical (unpaired) electrons. The monoisotopic (exact) mass is 322 g/mol. The van der Waals surface area contributed by atoms with E-state index in [1.54, 1.807) is 0 Å². The van der Waals surface area contributed by atoms with E-state index in [2.05, 4.69) is 29.4 Å². The molecule has 0 saturated heterocycles. The van der Waals surface area contributed by atoms with Gasteiger partial charge in [-0.1, -0.05) is 30.3 Å². The molecule has 24 heavy (non-hydrogen) atoms. The van der Waals surface area contributed by atoms with E-state index < -0.39 is 0 Å². The molecule has 4 heteroatoms. The van der Waals surface area contributed by atoms with Crippen molar-refractivity contribution in [2.24, 2.45) is 0 Å². The van der Waals surface area contributed by atoms with E-state index in [0.29, 0.717) is 18.9 Å². The lowest BCUT2D eigenvalue weighted by Crippen LogP contribution is -2.25. The third-order valence-corrected chi connectivity index (χ3v) is 4.18. The maximum Gasteiger partial charge on any atom is 0.220 e. The Morgan fingerprint density at radius 2 is 1.96 bits per heavy atom. The summed E-state index contributed by atoms with van der Waals surface area (Å²) in [7, 11) is 0. The van der Waals surface area contributed by atoms with Gasteiger partial charge < -0.3 is 9.73 Å². The molecule has 124 valence electrons.